The van der Waals surface area contributed by atoms with E-state index in [1.165, 1.54) is 13.3 Å². The van der Waals surface area contributed by atoms with Gasteiger partial charge in [0.2, 0.25) is 0 Å². The number of benzene rings is 1. The molecule has 0 bridgehead atoms. The maximum absolute atomic E-state index is 14.6. The Kier molecular flexibility index (Phi) is 5.29. The minimum Gasteiger partial charge on any atom is -0.496 e. The van der Waals surface area contributed by atoms with Gasteiger partial charge in [0.1, 0.15) is 5.75 Å². The lowest BCUT2D eigenvalue weighted by molar-refractivity contribution is 0.0113. The molecule has 0 atom stereocenters. The fraction of sp³-hybridized carbons (Fsp3) is 0.579. The molecule has 1 fully saturated rings. The number of nitrogens with zero attached hydrogens (tertiary/aromatic N) is 1. The van der Waals surface area contributed by atoms with E-state index >= 15 is 0 Å². The van der Waals surface area contributed by atoms with Crippen LogP contribution in [0.15, 0.2) is 18.3 Å². The van der Waals surface area contributed by atoms with E-state index in [2.05, 4.69) is 10.2 Å². The Morgan fingerprint density at radius 3 is 2.68 bits per heavy atom. The van der Waals surface area contributed by atoms with Crippen molar-refractivity contribution in [3.8, 4) is 5.75 Å². The number of methoxy groups -OCH3 is 1. The number of likely N-dealkylation sites (tertiary alicyclic amines) is 1. The largest absolute Gasteiger partial charge is 0.496 e. The second-order valence-corrected chi connectivity index (χ2v) is 6.66. The Hall–Kier alpha value is -1.66. The molecule has 25 heavy (non-hydrogen) atoms. The van der Waals surface area contributed by atoms with Gasteiger partial charge in [-0.1, -0.05) is 0 Å². The monoisotopic (exact) mass is 352 g/mol. The second kappa shape index (κ2) is 7.30. The topological polar surface area (TPSA) is 33.7 Å². The number of allylic oxidation sites excluding steroid dienone is 1. The maximum Gasteiger partial charge on any atom is 0.295 e. The fourth-order valence-corrected chi connectivity index (χ4v) is 3.73. The molecule has 1 aromatic carbocycles. The van der Waals surface area contributed by atoms with Gasteiger partial charge < -0.3 is 14.8 Å². The number of hydrogen-bond acceptors (Lipinski definition) is 4. The van der Waals surface area contributed by atoms with Crippen molar-refractivity contribution < 1.29 is 18.3 Å². The molecule has 2 aliphatic rings. The quantitative estimate of drug-likeness (QED) is 0.867. The zero-order valence-corrected chi connectivity index (χ0v) is 15.1. The van der Waals surface area contributed by atoms with Crippen LogP contribution in [0, 0.1) is 6.92 Å². The van der Waals surface area contributed by atoms with Crippen molar-refractivity contribution in [1.82, 2.24) is 4.90 Å². The lowest BCUT2D eigenvalue weighted by atomic mass is 9.92. The van der Waals surface area contributed by atoms with Gasteiger partial charge in [0.25, 0.3) is 5.92 Å². The predicted octanol–water partition coefficient (Wildman–Crippen LogP) is 4.04. The van der Waals surface area contributed by atoms with Crippen molar-refractivity contribution in [2.75, 3.05) is 32.1 Å². The lowest BCUT2D eigenvalue weighted by Gasteiger charge is -2.34. The molecule has 0 saturated carbocycles. The predicted molar refractivity (Wildman–Crippen MR) is 94.3 cm³/mol. The maximum atomic E-state index is 14.6. The standard InChI is InChI=1S/C19H26F2N2O2/c1-4-25-14-5-9-23(10-6-14)12-15-16(24-3)11-13(2)18-17(15)19(20,21)7-8-22-18/h7-8,11,14,22H,4-6,9-10,12H2,1-3H3. The van der Waals surface area contributed by atoms with Crippen LogP contribution in [0.5, 0.6) is 5.75 Å². The SMILES string of the molecule is CCOC1CCN(Cc2c(OC)cc(C)c3c2C(F)(F)C=CN3)CC1. The van der Waals surface area contributed by atoms with Gasteiger partial charge in [-0.15, -0.1) is 0 Å². The molecule has 1 N–H and O–H groups in total. The van der Waals surface area contributed by atoms with Crippen LogP contribution in [0.3, 0.4) is 0 Å². The zero-order valence-electron chi connectivity index (χ0n) is 15.1. The van der Waals surface area contributed by atoms with Crippen molar-refractivity contribution in [2.45, 2.75) is 45.3 Å². The number of halogens is 2. The zero-order chi connectivity index (χ0) is 18.0. The molecule has 2 heterocycles. The first-order chi connectivity index (χ1) is 12.0. The average Bonchev–Trinajstić information content (AvgIpc) is 2.58. The van der Waals surface area contributed by atoms with Crippen LogP contribution in [0.2, 0.25) is 0 Å². The Labute approximate surface area is 147 Å². The number of fused-ring (bicyclic) bond motifs is 1. The summed E-state index contributed by atoms with van der Waals surface area (Å²) in [7, 11) is 1.54. The number of ether oxygens (including phenoxy) is 2. The molecule has 0 radical (unpaired) electrons. The number of nitrogens with one attached hydrogen (secondary N) is 1. The summed E-state index contributed by atoms with van der Waals surface area (Å²) in [4.78, 5) is 2.21. The van der Waals surface area contributed by atoms with E-state index < -0.39 is 5.92 Å². The van der Waals surface area contributed by atoms with Crippen molar-refractivity contribution in [2.24, 2.45) is 0 Å². The van der Waals surface area contributed by atoms with Crippen LogP contribution >= 0.6 is 0 Å². The summed E-state index contributed by atoms with van der Waals surface area (Å²) in [6.45, 7) is 6.67. The highest BCUT2D eigenvalue weighted by molar-refractivity contribution is 5.69. The molecular formula is C19H26F2N2O2. The van der Waals surface area contributed by atoms with E-state index in [1.807, 2.05) is 19.9 Å². The third kappa shape index (κ3) is 3.65. The summed E-state index contributed by atoms with van der Waals surface area (Å²) in [5.74, 6) is -2.47. The number of alkyl halides is 2. The smallest absolute Gasteiger partial charge is 0.295 e. The van der Waals surface area contributed by atoms with Crippen LogP contribution in [0.4, 0.5) is 14.5 Å². The van der Waals surface area contributed by atoms with Gasteiger partial charge in [-0.2, -0.15) is 8.78 Å². The Bertz CT molecular complexity index is 653. The molecule has 1 saturated heterocycles. The van der Waals surface area contributed by atoms with Gasteiger partial charge in [-0.05, 0) is 38.3 Å². The summed E-state index contributed by atoms with van der Waals surface area (Å²) in [5.41, 5.74) is 1.86. The first kappa shape index (κ1) is 18.1. The molecule has 0 aliphatic carbocycles. The fourth-order valence-electron chi connectivity index (χ4n) is 3.73. The second-order valence-electron chi connectivity index (χ2n) is 6.66. The highest BCUT2D eigenvalue weighted by Gasteiger charge is 2.38. The van der Waals surface area contributed by atoms with Gasteiger partial charge in [0.15, 0.2) is 0 Å². The normalized spacial score (nSPS) is 20.2. The highest BCUT2D eigenvalue weighted by atomic mass is 19.3. The number of piperidine rings is 1. The summed E-state index contributed by atoms with van der Waals surface area (Å²) in [6.07, 6.45) is 4.37. The number of rotatable bonds is 5. The van der Waals surface area contributed by atoms with E-state index in [1.54, 1.807) is 0 Å². The molecule has 1 aromatic rings. The summed E-state index contributed by atoms with van der Waals surface area (Å²) in [6, 6.07) is 1.84. The van der Waals surface area contributed by atoms with Crippen LogP contribution < -0.4 is 10.1 Å². The van der Waals surface area contributed by atoms with Crippen LogP contribution in [-0.4, -0.2) is 37.8 Å². The first-order valence-corrected chi connectivity index (χ1v) is 8.83. The van der Waals surface area contributed by atoms with Gasteiger partial charge in [-0.25, -0.2) is 0 Å². The molecular weight excluding hydrogens is 326 g/mol. The molecule has 3 rings (SSSR count). The summed E-state index contributed by atoms with van der Waals surface area (Å²) < 4.78 is 40.4. The molecule has 2 aliphatic heterocycles. The van der Waals surface area contributed by atoms with Crippen LogP contribution in [0.1, 0.15) is 36.5 Å². The third-order valence-corrected chi connectivity index (χ3v) is 4.98. The molecule has 6 heteroatoms. The molecule has 0 amide bonds. The Balaban J connectivity index is 1.89. The molecule has 138 valence electrons. The van der Waals surface area contributed by atoms with Crippen molar-refractivity contribution in [1.29, 1.82) is 0 Å². The number of anilines is 1. The molecule has 0 unspecified atom stereocenters. The van der Waals surface area contributed by atoms with E-state index in [0.717, 1.165) is 37.6 Å². The first-order valence-electron chi connectivity index (χ1n) is 8.83. The van der Waals surface area contributed by atoms with Crippen molar-refractivity contribution >= 4 is 5.69 Å². The van der Waals surface area contributed by atoms with Crippen LogP contribution in [0.25, 0.3) is 0 Å². The minimum atomic E-state index is -3.00. The van der Waals surface area contributed by atoms with E-state index in [9.17, 15) is 8.78 Å². The number of aryl methyl sites for hydroxylation is 1. The van der Waals surface area contributed by atoms with Gasteiger partial charge in [0.05, 0.1) is 24.5 Å². The summed E-state index contributed by atoms with van der Waals surface area (Å²) >= 11 is 0. The highest BCUT2D eigenvalue weighted by Crippen LogP contribution is 2.45. The Morgan fingerprint density at radius 2 is 2.04 bits per heavy atom. The van der Waals surface area contributed by atoms with Gasteiger partial charge >= 0.3 is 0 Å². The summed E-state index contributed by atoms with van der Waals surface area (Å²) in [5, 5.41) is 2.98. The van der Waals surface area contributed by atoms with Gasteiger partial charge in [0, 0.05) is 44.1 Å². The van der Waals surface area contributed by atoms with E-state index in [4.69, 9.17) is 9.47 Å². The van der Waals surface area contributed by atoms with E-state index in [-0.39, 0.29) is 11.7 Å². The van der Waals surface area contributed by atoms with Crippen molar-refractivity contribution in [3.63, 3.8) is 0 Å². The Morgan fingerprint density at radius 1 is 1.32 bits per heavy atom. The van der Waals surface area contributed by atoms with Crippen LogP contribution in [-0.2, 0) is 17.2 Å². The van der Waals surface area contributed by atoms with Gasteiger partial charge in [-0.3, -0.25) is 4.90 Å². The average molecular weight is 352 g/mol. The molecule has 4 nitrogen and oxygen atoms in total. The lowest BCUT2D eigenvalue weighted by Crippen LogP contribution is -2.37. The van der Waals surface area contributed by atoms with E-state index in [0.29, 0.717) is 30.2 Å². The van der Waals surface area contributed by atoms with Crippen molar-refractivity contribution in [3.05, 3.63) is 35.0 Å². The molecule has 0 spiro atoms. The number of hydrogen-bond donors (Lipinski definition) is 1. The molecule has 0 aromatic heterocycles. The minimum absolute atomic E-state index is 0.0405. The third-order valence-electron chi connectivity index (χ3n) is 4.98.